The summed E-state index contributed by atoms with van der Waals surface area (Å²) in [7, 11) is 0. The Hall–Kier alpha value is -2.78. The molecule has 0 radical (unpaired) electrons. The number of nitrogen functional groups attached to an aromatic ring is 1. The van der Waals surface area contributed by atoms with Crippen molar-refractivity contribution in [3.8, 4) is 11.3 Å². The molecule has 2 aromatic heterocycles. The van der Waals surface area contributed by atoms with Crippen LogP contribution < -0.4 is 11.1 Å². The van der Waals surface area contributed by atoms with Crippen molar-refractivity contribution < 1.29 is 18.0 Å². The highest BCUT2D eigenvalue weighted by Crippen LogP contribution is 2.44. The van der Waals surface area contributed by atoms with E-state index < -0.39 is 17.6 Å². The van der Waals surface area contributed by atoms with Crippen LogP contribution in [0.3, 0.4) is 0 Å². The average molecular weight is 420 g/mol. The summed E-state index contributed by atoms with van der Waals surface area (Å²) in [6.07, 6.45) is 1.68. The number of alkyl halides is 3. The number of fused-ring (bicyclic) bond motifs is 2. The summed E-state index contributed by atoms with van der Waals surface area (Å²) in [5, 5.41) is 7.61. The maximum absolute atomic E-state index is 13.2. The van der Waals surface area contributed by atoms with Crippen molar-refractivity contribution in [2.24, 2.45) is 0 Å². The lowest BCUT2D eigenvalue weighted by Crippen LogP contribution is -2.47. The summed E-state index contributed by atoms with van der Waals surface area (Å²) in [6, 6.07) is 3.11. The van der Waals surface area contributed by atoms with Gasteiger partial charge < -0.3 is 16.0 Å². The van der Waals surface area contributed by atoms with Gasteiger partial charge in [0.05, 0.1) is 11.3 Å². The number of rotatable bonds is 2. The van der Waals surface area contributed by atoms with Crippen molar-refractivity contribution in [3.63, 3.8) is 0 Å². The molecule has 0 bridgehead atoms. The number of likely N-dealkylation sites (tertiary alicyclic amines) is 1. The molecule has 160 valence electrons. The quantitative estimate of drug-likeness (QED) is 0.781. The Bertz CT molecular complexity index is 999. The maximum Gasteiger partial charge on any atom is 0.419 e. The van der Waals surface area contributed by atoms with Crippen LogP contribution in [0, 0.1) is 0 Å². The number of anilines is 1. The number of carbonyl (C=O) groups is 1. The third-order valence-electron chi connectivity index (χ3n) is 6.72. The third kappa shape index (κ3) is 3.09. The summed E-state index contributed by atoms with van der Waals surface area (Å²) >= 11 is 0. The second-order valence-electron chi connectivity index (χ2n) is 8.57. The summed E-state index contributed by atoms with van der Waals surface area (Å²) in [4.78, 5) is 18.1. The molecule has 2 aromatic rings. The molecule has 1 aliphatic carbocycles. The summed E-state index contributed by atoms with van der Waals surface area (Å²) in [6.45, 7) is 1.95. The zero-order valence-corrected chi connectivity index (χ0v) is 16.4. The number of nitrogens with one attached hydrogen (secondary N) is 1. The first kappa shape index (κ1) is 19.2. The number of nitrogens with zero attached hydrogens (tertiary/aromatic N) is 4. The normalized spacial score (nSPS) is 23.6. The van der Waals surface area contributed by atoms with Crippen LogP contribution in [-0.4, -0.2) is 44.8 Å². The molecule has 1 atom stereocenters. The second kappa shape index (κ2) is 6.61. The predicted octanol–water partition coefficient (Wildman–Crippen LogP) is 3.16. The van der Waals surface area contributed by atoms with E-state index in [-0.39, 0.29) is 23.1 Å². The summed E-state index contributed by atoms with van der Waals surface area (Å²) < 4.78 is 41.4. The lowest BCUT2D eigenvalue weighted by molar-refractivity contribution is -0.137. The van der Waals surface area contributed by atoms with E-state index in [0.717, 1.165) is 43.9 Å². The molecule has 1 unspecified atom stereocenters. The zero-order chi connectivity index (χ0) is 21.1. The van der Waals surface area contributed by atoms with Crippen LogP contribution in [0.5, 0.6) is 0 Å². The van der Waals surface area contributed by atoms with E-state index in [9.17, 15) is 18.0 Å². The molecule has 1 spiro atoms. The Kier molecular flexibility index (Phi) is 4.23. The van der Waals surface area contributed by atoms with Gasteiger partial charge in [-0.05, 0) is 44.2 Å². The van der Waals surface area contributed by atoms with Crippen LogP contribution in [0.2, 0.25) is 0 Å². The number of urea groups is 1. The van der Waals surface area contributed by atoms with Gasteiger partial charge in [-0.2, -0.15) is 18.3 Å². The molecule has 7 nitrogen and oxygen atoms in total. The largest absolute Gasteiger partial charge is 0.419 e. The molecule has 30 heavy (non-hydrogen) atoms. The van der Waals surface area contributed by atoms with Gasteiger partial charge in [-0.15, -0.1) is 0 Å². The van der Waals surface area contributed by atoms with Gasteiger partial charge in [0.15, 0.2) is 0 Å². The molecule has 1 saturated carbocycles. The van der Waals surface area contributed by atoms with Crippen LogP contribution in [0.4, 0.5) is 23.8 Å². The summed E-state index contributed by atoms with van der Waals surface area (Å²) in [5.74, 6) is -0.543. The van der Waals surface area contributed by atoms with Crippen LogP contribution >= 0.6 is 0 Å². The van der Waals surface area contributed by atoms with Gasteiger partial charge in [-0.3, -0.25) is 4.68 Å². The number of pyridine rings is 1. The van der Waals surface area contributed by atoms with E-state index in [0.29, 0.717) is 25.3 Å². The van der Waals surface area contributed by atoms with E-state index in [2.05, 4.69) is 15.4 Å². The molecule has 5 rings (SSSR count). The molecule has 2 aliphatic heterocycles. The fourth-order valence-corrected chi connectivity index (χ4v) is 4.72. The minimum absolute atomic E-state index is 0.0210. The van der Waals surface area contributed by atoms with Crippen LogP contribution in [0.1, 0.15) is 43.4 Å². The van der Waals surface area contributed by atoms with Crippen molar-refractivity contribution in [1.82, 2.24) is 25.0 Å². The Morgan fingerprint density at radius 2 is 2.00 bits per heavy atom. The molecule has 1 saturated heterocycles. The molecule has 0 aromatic carbocycles. The Balaban J connectivity index is 1.39. The molecule has 2 amide bonds. The molecule has 3 N–H and O–H groups in total. The minimum atomic E-state index is -4.57. The summed E-state index contributed by atoms with van der Waals surface area (Å²) in [5.41, 5.74) is 5.96. The number of aryl methyl sites for hydroxylation is 1. The zero-order valence-electron chi connectivity index (χ0n) is 16.4. The van der Waals surface area contributed by atoms with E-state index in [1.54, 1.807) is 0 Å². The van der Waals surface area contributed by atoms with Crippen molar-refractivity contribution in [2.45, 2.75) is 56.3 Å². The van der Waals surface area contributed by atoms with Crippen LogP contribution in [-0.2, 0) is 18.1 Å². The Morgan fingerprint density at radius 3 is 2.70 bits per heavy atom. The van der Waals surface area contributed by atoms with Crippen molar-refractivity contribution in [2.75, 3.05) is 18.8 Å². The molecule has 2 fully saturated rings. The number of halogens is 3. The molecule has 3 aliphatic rings. The van der Waals surface area contributed by atoms with Gasteiger partial charge in [0.2, 0.25) is 0 Å². The van der Waals surface area contributed by atoms with Gasteiger partial charge >= 0.3 is 12.2 Å². The fraction of sp³-hybridized carbons (Fsp3) is 0.550. The highest BCUT2D eigenvalue weighted by atomic mass is 19.4. The van der Waals surface area contributed by atoms with Gasteiger partial charge in [-0.25, -0.2) is 9.78 Å². The maximum atomic E-state index is 13.2. The van der Waals surface area contributed by atoms with Crippen LogP contribution in [0.25, 0.3) is 11.3 Å². The fourth-order valence-electron chi connectivity index (χ4n) is 4.72. The molecule has 10 heteroatoms. The van der Waals surface area contributed by atoms with Crippen molar-refractivity contribution in [3.05, 3.63) is 29.6 Å². The SMILES string of the molecule is Nc1ncc(-c2cc3n(n2)CCC32CCN(C(=O)NC3CCC3)C2)cc1C(F)(F)F. The van der Waals surface area contributed by atoms with E-state index in [1.807, 2.05) is 15.6 Å². The van der Waals surface area contributed by atoms with Gasteiger partial charge in [-0.1, -0.05) is 0 Å². The first-order valence-electron chi connectivity index (χ1n) is 10.2. The number of nitrogens with two attached hydrogens (primary N) is 1. The lowest BCUT2D eigenvalue weighted by atomic mass is 9.82. The minimum Gasteiger partial charge on any atom is -0.383 e. The Labute approximate surface area is 171 Å². The molecular weight excluding hydrogens is 397 g/mol. The van der Waals surface area contributed by atoms with Crippen molar-refractivity contribution in [1.29, 1.82) is 0 Å². The number of carbonyl (C=O) groups excluding carboxylic acids is 1. The van der Waals surface area contributed by atoms with Crippen molar-refractivity contribution >= 4 is 11.8 Å². The number of hydrogen-bond donors (Lipinski definition) is 2. The van der Waals surface area contributed by atoms with Crippen LogP contribution in [0.15, 0.2) is 18.3 Å². The average Bonchev–Trinajstić information content (AvgIpc) is 3.35. The van der Waals surface area contributed by atoms with E-state index in [1.165, 1.54) is 6.20 Å². The smallest absolute Gasteiger partial charge is 0.383 e. The Morgan fingerprint density at radius 1 is 1.23 bits per heavy atom. The standard InChI is InChI=1S/C20H23F3N6O/c21-20(22,23)14-8-12(10-25-17(14)24)15-9-16-19(5-7-29(16)27-15)4-6-28(11-19)18(30)26-13-2-1-3-13/h8-10,13H,1-7,11H2,(H2,24,25)(H,26,30). The van der Waals surface area contributed by atoms with E-state index in [4.69, 9.17) is 5.73 Å². The lowest BCUT2D eigenvalue weighted by Gasteiger charge is -2.30. The molecular formula is C20H23F3N6O. The highest BCUT2D eigenvalue weighted by molar-refractivity contribution is 5.75. The number of amides is 2. The molecule has 4 heterocycles. The third-order valence-corrected chi connectivity index (χ3v) is 6.72. The van der Waals surface area contributed by atoms with Gasteiger partial charge in [0.1, 0.15) is 5.82 Å². The second-order valence-corrected chi connectivity index (χ2v) is 8.57. The first-order chi connectivity index (χ1) is 14.2. The monoisotopic (exact) mass is 420 g/mol. The first-order valence-corrected chi connectivity index (χ1v) is 10.2. The van der Waals surface area contributed by atoms with E-state index >= 15 is 0 Å². The van der Waals surface area contributed by atoms with Gasteiger partial charge in [0.25, 0.3) is 0 Å². The van der Waals surface area contributed by atoms with Gasteiger partial charge in [0, 0.05) is 48.5 Å². The number of hydrogen-bond acceptors (Lipinski definition) is 4. The topological polar surface area (TPSA) is 89.1 Å². The predicted molar refractivity (Wildman–Crippen MR) is 104 cm³/mol. The number of aromatic nitrogens is 3. The highest BCUT2D eigenvalue weighted by Gasteiger charge is 2.47.